The summed E-state index contributed by atoms with van der Waals surface area (Å²) in [5, 5.41) is 11.4. The van der Waals surface area contributed by atoms with Crippen LogP contribution in [0.4, 0.5) is 0 Å². The van der Waals surface area contributed by atoms with Crippen molar-refractivity contribution < 1.29 is 19.4 Å². The highest BCUT2D eigenvalue weighted by Crippen LogP contribution is 2.42. The van der Waals surface area contributed by atoms with Crippen LogP contribution < -0.4 is 0 Å². The van der Waals surface area contributed by atoms with Gasteiger partial charge in [-0.1, -0.05) is 57.9 Å². The van der Waals surface area contributed by atoms with Crippen molar-refractivity contribution in [3.8, 4) is 0 Å². The van der Waals surface area contributed by atoms with Crippen LogP contribution in [-0.2, 0) is 14.3 Å². The molecule has 150 valence electrons. The summed E-state index contributed by atoms with van der Waals surface area (Å²) in [5.41, 5.74) is 1.11. The van der Waals surface area contributed by atoms with Gasteiger partial charge >= 0.3 is 0 Å². The van der Waals surface area contributed by atoms with E-state index in [2.05, 4.69) is 15.9 Å². The fourth-order valence-corrected chi connectivity index (χ4v) is 4.36. The topological polar surface area (TPSA) is 66.8 Å². The molecular weight excluding hydrogens is 458 g/mol. The zero-order valence-corrected chi connectivity index (χ0v) is 17.8. The van der Waals surface area contributed by atoms with Gasteiger partial charge in [0.05, 0.1) is 17.7 Å². The monoisotopic (exact) mass is 475 g/mol. The highest BCUT2D eigenvalue weighted by molar-refractivity contribution is 9.10. The van der Waals surface area contributed by atoms with Crippen LogP contribution in [0, 0.1) is 0 Å². The van der Waals surface area contributed by atoms with E-state index in [0.29, 0.717) is 22.8 Å². The fourth-order valence-electron chi connectivity index (χ4n) is 3.86. The van der Waals surface area contributed by atoms with Gasteiger partial charge < -0.3 is 14.7 Å². The minimum Gasteiger partial charge on any atom is -0.507 e. The maximum atomic E-state index is 13.0. The summed E-state index contributed by atoms with van der Waals surface area (Å²) in [6.07, 6.45) is 1.61. The summed E-state index contributed by atoms with van der Waals surface area (Å²) in [4.78, 5) is 27.4. The number of carbonyl (C=O) groups is 2. The van der Waals surface area contributed by atoms with Gasteiger partial charge in [-0.15, -0.1) is 0 Å². The molecule has 2 aliphatic rings. The van der Waals surface area contributed by atoms with Gasteiger partial charge in [0.15, 0.2) is 0 Å². The van der Waals surface area contributed by atoms with Gasteiger partial charge in [0.25, 0.3) is 11.7 Å². The average Bonchev–Trinajstić information content (AvgIpc) is 3.31. The summed E-state index contributed by atoms with van der Waals surface area (Å²) >= 11 is 9.79. The van der Waals surface area contributed by atoms with E-state index in [1.54, 1.807) is 48.5 Å². The number of nitrogens with zero attached hydrogens (tertiary/aromatic N) is 1. The summed E-state index contributed by atoms with van der Waals surface area (Å²) in [7, 11) is 0. The Labute approximate surface area is 182 Å². The number of ether oxygens (including phenoxy) is 1. The van der Waals surface area contributed by atoms with Crippen LogP contribution in [0.25, 0.3) is 5.76 Å². The molecule has 2 unspecified atom stereocenters. The number of halogens is 2. The maximum absolute atomic E-state index is 13.0. The Morgan fingerprint density at radius 3 is 2.55 bits per heavy atom. The SMILES string of the molecule is O=C1C(=O)N(CC2CCCO2)C(c2ccccc2Cl)/C1=C(/O)c1ccc(Br)cc1. The summed E-state index contributed by atoms with van der Waals surface area (Å²) in [6.45, 7) is 0.918. The molecule has 29 heavy (non-hydrogen) atoms. The van der Waals surface area contributed by atoms with Gasteiger partial charge in [0, 0.05) is 28.2 Å². The molecule has 0 aromatic heterocycles. The van der Waals surface area contributed by atoms with Gasteiger partial charge in [-0.2, -0.15) is 0 Å². The molecule has 0 saturated carbocycles. The van der Waals surface area contributed by atoms with Gasteiger partial charge in [-0.05, 0) is 36.6 Å². The van der Waals surface area contributed by atoms with Gasteiger partial charge in [-0.25, -0.2) is 0 Å². The van der Waals surface area contributed by atoms with Gasteiger partial charge in [0.1, 0.15) is 5.76 Å². The Hall–Kier alpha value is -2.15. The van der Waals surface area contributed by atoms with E-state index in [0.717, 1.165) is 17.3 Å². The van der Waals surface area contributed by atoms with E-state index in [1.807, 2.05) is 0 Å². The lowest BCUT2D eigenvalue weighted by atomic mass is 9.95. The molecule has 5 nitrogen and oxygen atoms in total. The molecule has 0 aliphatic carbocycles. The van der Waals surface area contributed by atoms with Crippen molar-refractivity contribution in [2.45, 2.75) is 25.0 Å². The number of carbonyl (C=O) groups excluding carboxylic acids is 2. The Bertz CT molecular complexity index is 983. The van der Waals surface area contributed by atoms with Crippen molar-refractivity contribution in [2.75, 3.05) is 13.2 Å². The molecule has 4 rings (SSSR count). The van der Waals surface area contributed by atoms with Crippen LogP contribution in [-0.4, -0.2) is 41.0 Å². The molecule has 1 amide bonds. The third-order valence-corrected chi connectivity index (χ3v) is 6.15. The highest BCUT2D eigenvalue weighted by Gasteiger charge is 2.47. The summed E-state index contributed by atoms with van der Waals surface area (Å²) in [6, 6.07) is 13.2. The van der Waals surface area contributed by atoms with E-state index in [9.17, 15) is 14.7 Å². The number of rotatable bonds is 4. The van der Waals surface area contributed by atoms with Crippen molar-refractivity contribution in [1.82, 2.24) is 4.90 Å². The number of Topliss-reactive ketones (excluding diaryl/α,β-unsaturated/α-hetero) is 1. The predicted octanol–water partition coefficient (Wildman–Crippen LogP) is 4.70. The number of aliphatic hydroxyl groups is 1. The number of aliphatic hydroxyl groups excluding tert-OH is 1. The van der Waals surface area contributed by atoms with E-state index in [4.69, 9.17) is 16.3 Å². The standard InChI is InChI=1S/C22H19BrClNO4/c23-14-9-7-13(8-10-14)20(26)18-19(16-5-1-2-6-17(16)24)25(22(28)21(18)27)12-15-4-3-11-29-15/h1-2,5-10,15,19,26H,3-4,11-12H2/b20-18-. The summed E-state index contributed by atoms with van der Waals surface area (Å²) in [5.74, 6) is -1.58. The van der Waals surface area contributed by atoms with Crippen LogP contribution in [0.3, 0.4) is 0 Å². The minimum atomic E-state index is -0.767. The third kappa shape index (κ3) is 3.84. The second-order valence-electron chi connectivity index (χ2n) is 7.11. The molecular formula is C22H19BrClNO4. The molecule has 2 aromatic rings. The second-order valence-corrected chi connectivity index (χ2v) is 8.44. The van der Waals surface area contributed by atoms with Gasteiger partial charge in [0.2, 0.25) is 0 Å². The molecule has 7 heteroatoms. The van der Waals surface area contributed by atoms with Gasteiger partial charge in [-0.3, -0.25) is 9.59 Å². The predicted molar refractivity (Wildman–Crippen MR) is 114 cm³/mol. The number of hydrogen-bond acceptors (Lipinski definition) is 4. The maximum Gasteiger partial charge on any atom is 0.295 e. The molecule has 0 spiro atoms. The first-order chi connectivity index (χ1) is 14.0. The van der Waals surface area contributed by atoms with Crippen molar-refractivity contribution in [3.63, 3.8) is 0 Å². The fraction of sp³-hybridized carbons (Fsp3) is 0.273. The van der Waals surface area contributed by atoms with Crippen molar-refractivity contribution in [1.29, 1.82) is 0 Å². The van der Waals surface area contributed by atoms with Crippen molar-refractivity contribution in [3.05, 3.63) is 74.7 Å². The first kappa shape index (κ1) is 20.1. The van der Waals surface area contributed by atoms with E-state index < -0.39 is 17.7 Å². The van der Waals surface area contributed by atoms with Crippen molar-refractivity contribution in [2.24, 2.45) is 0 Å². The normalized spacial score (nSPS) is 23.7. The molecule has 2 atom stereocenters. The molecule has 1 N–H and O–H groups in total. The lowest BCUT2D eigenvalue weighted by Crippen LogP contribution is -2.36. The Kier molecular flexibility index (Phi) is 5.76. The first-order valence-corrected chi connectivity index (χ1v) is 10.5. The molecule has 0 bridgehead atoms. The van der Waals surface area contributed by atoms with E-state index >= 15 is 0 Å². The Morgan fingerprint density at radius 2 is 1.90 bits per heavy atom. The average molecular weight is 477 g/mol. The molecule has 2 saturated heterocycles. The van der Waals surface area contributed by atoms with E-state index in [1.165, 1.54) is 4.90 Å². The lowest BCUT2D eigenvalue weighted by Gasteiger charge is -2.28. The molecule has 2 heterocycles. The molecule has 0 radical (unpaired) electrons. The van der Waals surface area contributed by atoms with Crippen LogP contribution in [0.2, 0.25) is 5.02 Å². The first-order valence-electron chi connectivity index (χ1n) is 9.37. The Balaban J connectivity index is 1.84. The van der Waals surface area contributed by atoms with E-state index in [-0.39, 0.29) is 24.0 Å². The zero-order valence-electron chi connectivity index (χ0n) is 15.5. The number of ketones is 1. The third-order valence-electron chi connectivity index (χ3n) is 5.28. The number of amides is 1. The number of likely N-dealkylation sites (tertiary alicyclic amines) is 1. The van der Waals surface area contributed by atoms with Crippen LogP contribution in [0.15, 0.2) is 58.6 Å². The number of hydrogen-bond donors (Lipinski definition) is 1. The lowest BCUT2D eigenvalue weighted by molar-refractivity contribution is -0.140. The van der Waals surface area contributed by atoms with Crippen LogP contribution >= 0.6 is 27.5 Å². The highest BCUT2D eigenvalue weighted by atomic mass is 79.9. The molecule has 2 aliphatic heterocycles. The second kappa shape index (κ2) is 8.30. The van der Waals surface area contributed by atoms with Crippen LogP contribution in [0.5, 0.6) is 0 Å². The molecule has 2 aromatic carbocycles. The summed E-state index contributed by atoms with van der Waals surface area (Å²) < 4.78 is 6.53. The quantitative estimate of drug-likeness (QED) is 0.394. The number of benzene rings is 2. The van der Waals surface area contributed by atoms with Crippen LogP contribution in [0.1, 0.15) is 30.0 Å². The van der Waals surface area contributed by atoms with Crippen molar-refractivity contribution >= 4 is 45.0 Å². The smallest absolute Gasteiger partial charge is 0.295 e. The minimum absolute atomic E-state index is 0.0448. The largest absolute Gasteiger partial charge is 0.507 e. The molecule has 2 fully saturated rings. The zero-order chi connectivity index (χ0) is 20.5. The Morgan fingerprint density at radius 1 is 1.17 bits per heavy atom.